The summed E-state index contributed by atoms with van der Waals surface area (Å²) >= 11 is 0. The standard InChI is InChI=1S/C11H21N3O/c1-3-5-13-11(15)14-6-4-9(2)7-10(14)8-12/h3,9-10H,1,4-8,12H2,2H3,(H,13,15). The normalized spacial score (nSPS) is 26.1. The lowest BCUT2D eigenvalue weighted by Crippen LogP contribution is -2.52. The van der Waals surface area contributed by atoms with Crippen molar-refractivity contribution in [3.05, 3.63) is 12.7 Å². The molecule has 15 heavy (non-hydrogen) atoms. The summed E-state index contributed by atoms with van der Waals surface area (Å²) in [6.07, 6.45) is 3.76. The number of nitrogens with zero attached hydrogens (tertiary/aromatic N) is 1. The van der Waals surface area contributed by atoms with Gasteiger partial charge < -0.3 is 16.0 Å². The molecule has 0 aromatic rings. The number of hydrogen-bond acceptors (Lipinski definition) is 2. The molecule has 0 aromatic heterocycles. The van der Waals surface area contributed by atoms with Crippen molar-refractivity contribution < 1.29 is 4.79 Å². The predicted octanol–water partition coefficient (Wildman–Crippen LogP) is 0.941. The third-order valence-corrected chi connectivity index (χ3v) is 2.91. The maximum atomic E-state index is 11.7. The second kappa shape index (κ2) is 5.75. The van der Waals surface area contributed by atoms with E-state index in [1.807, 2.05) is 4.90 Å². The molecule has 1 aliphatic rings. The third-order valence-electron chi connectivity index (χ3n) is 2.91. The van der Waals surface area contributed by atoms with Gasteiger partial charge in [0.2, 0.25) is 0 Å². The quantitative estimate of drug-likeness (QED) is 0.683. The van der Waals surface area contributed by atoms with E-state index in [-0.39, 0.29) is 12.1 Å². The van der Waals surface area contributed by atoms with Crippen LogP contribution in [0.25, 0.3) is 0 Å². The minimum absolute atomic E-state index is 0.0164. The molecule has 1 fully saturated rings. The zero-order chi connectivity index (χ0) is 11.3. The van der Waals surface area contributed by atoms with Gasteiger partial charge in [0.05, 0.1) is 0 Å². The van der Waals surface area contributed by atoms with Gasteiger partial charge in [0, 0.05) is 25.7 Å². The Morgan fingerprint density at radius 3 is 3.07 bits per heavy atom. The van der Waals surface area contributed by atoms with Crippen LogP contribution < -0.4 is 11.1 Å². The molecule has 2 amide bonds. The van der Waals surface area contributed by atoms with Gasteiger partial charge in [0.15, 0.2) is 0 Å². The molecule has 0 saturated carbocycles. The van der Waals surface area contributed by atoms with E-state index in [9.17, 15) is 4.79 Å². The highest BCUT2D eigenvalue weighted by molar-refractivity contribution is 5.74. The molecule has 1 rings (SSSR count). The van der Waals surface area contributed by atoms with Crippen molar-refractivity contribution in [2.75, 3.05) is 19.6 Å². The molecule has 0 bridgehead atoms. The fourth-order valence-corrected chi connectivity index (χ4v) is 2.00. The van der Waals surface area contributed by atoms with E-state index >= 15 is 0 Å². The number of amides is 2. The van der Waals surface area contributed by atoms with Crippen molar-refractivity contribution in [3.63, 3.8) is 0 Å². The average Bonchev–Trinajstić information content (AvgIpc) is 2.25. The highest BCUT2D eigenvalue weighted by Gasteiger charge is 2.28. The minimum Gasteiger partial charge on any atom is -0.335 e. The summed E-state index contributed by atoms with van der Waals surface area (Å²) in [4.78, 5) is 13.6. The molecule has 2 unspecified atom stereocenters. The summed E-state index contributed by atoms with van der Waals surface area (Å²) in [6.45, 7) is 7.66. The largest absolute Gasteiger partial charge is 0.335 e. The van der Waals surface area contributed by atoms with E-state index in [0.717, 1.165) is 19.4 Å². The van der Waals surface area contributed by atoms with Crippen molar-refractivity contribution in [1.29, 1.82) is 0 Å². The van der Waals surface area contributed by atoms with Gasteiger partial charge in [-0.1, -0.05) is 13.0 Å². The van der Waals surface area contributed by atoms with Crippen molar-refractivity contribution >= 4 is 6.03 Å². The van der Waals surface area contributed by atoms with Crippen molar-refractivity contribution in [3.8, 4) is 0 Å². The van der Waals surface area contributed by atoms with Crippen LogP contribution in [0, 0.1) is 5.92 Å². The van der Waals surface area contributed by atoms with Crippen molar-refractivity contribution in [1.82, 2.24) is 10.2 Å². The van der Waals surface area contributed by atoms with Crippen LogP contribution in [0.2, 0.25) is 0 Å². The number of likely N-dealkylation sites (tertiary alicyclic amines) is 1. The van der Waals surface area contributed by atoms with E-state index in [0.29, 0.717) is 19.0 Å². The monoisotopic (exact) mass is 211 g/mol. The van der Waals surface area contributed by atoms with E-state index in [2.05, 4.69) is 18.8 Å². The predicted molar refractivity (Wildman–Crippen MR) is 61.5 cm³/mol. The van der Waals surface area contributed by atoms with Crippen LogP contribution in [-0.2, 0) is 0 Å². The van der Waals surface area contributed by atoms with Crippen LogP contribution >= 0.6 is 0 Å². The Hall–Kier alpha value is -1.03. The fraction of sp³-hybridized carbons (Fsp3) is 0.727. The van der Waals surface area contributed by atoms with Gasteiger partial charge in [-0.05, 0) is 18.8 Å². The van der Waals surface area contributed by atoms with E-state index < -0.39 is 0 Å². The van der Waals surface area contributed by atoms with Crippen LogP contribution in [-0.4, -0.2) is 36.6 Å². The zero-order valence-corrected chi connectivity index (χ0v) is 9.41. The second-order valence-corrected chi connectivity index (χ2v) is 4.19. The molecule has 86 valence electrons. The number of hydrogen-bond donors (Lipinski definition) is 2. The molecule has 0 radical (unpaired) electrons. The number of nitrogens with one attached hydrogen (secondary N) is 1. The summed E-state index contributed by atoms with van der Waals surface area (Å²) in [5.74, 6) is 0.669. The first-order chi connectivity index (χ1) is 7.19. The van der Waals surface area contributed by atoms with Crippen LogP contribution in [0.5, 0.6) is 0 Å². The van der Waals surface area contributed by atoms with E-state index in [1.165, 1.54) is 0 Å². The van der Waals surface area contributed by atoms with Crippen molar-refractivity contribution in [2.45, 2.75) is 25.8 Å². The number of carbonyl (C=O) groups excluding carboxylic acids is 1. The van der Waals surface area contributed by atoms with Crippen LogP contribution in [0.4, 0.5) is 4.79 Å². The topological polar surface area (TPSA) is 58.4 Å². The molecule has 0 spiro atoms. The van der Waals surface area contributed by atoms with Gasteiger partial charge in [0.1, 0.15) is 0 Å². The van der Waals surface area contributed by atoms with Gasteiger partial charge in [-0.2, -0.15) is 0 Å². The molecule has 0 aliphatic carbocycles. The molecule has 1 saturated heterocycles. The lowest BCUT2D eigenvalue weighted by molar-refractivity contribution is 0.135. The first-order valence-corrected chi connectivity index (χ1v) is 5.54. The summed E-state index contributed by atoms with van der Waals surface area (Å²) in [5.41, 5.74) is 5.68. The summed E-state index contributed by atoms with van der Waals surface area (Å²) in [5, 5.41) is 2.79. The number of urea groups is 1. The first-order valence-electron chi connectivity index (χ1n) is 5.54. The van der Waals surface area contributed by atoms with Crippen molar-refractivity contribution in [2.24, 2.45) is 11.7 Å². The Morgan fingerprint density at radius 2 is 2.47 bits per heavy atom. The maximum absolute atomic E-state index is 11.7. The Balaban J connectivity index is 2.51. The van der Waals surface area contributed by atoms with Gasteiger partial charge >= 0.3 is 6.03 Å². The van der Waals surface area contributed by atoms with E-state index in [1.54, 1.807) is 6.08 Å². The SMILES string of the molecule is C=CCNC(=O)N1CCC(C)CC1CN. The lowest BCUT2D eigenvalue weighted by Gasteiger charge is -2.37. The average molecular weight is 211 g/mol. The fourth-order valence-electron chi connectivity index (χ4n) is 2.00. The highest BCUT2D eigenvalue weighted by Crippen LogP contribution is 2.21. The van der Waals surface area contributed by atoms with Gasteiger partial charge in [-0.25, -0.2) is 4.79 Å². The lowest BCUT2D eigenvalue weighted by atomic mass is 9.93. The molecule has 2 atom stereocenters. The van der Waals surface area contributed by atoms with Crippen LogP contribution in [0.15, 0.2) is 12.7 Å². The smallest absolute Gasteiger partial charge is 0.317 e. The van der Waals surface area contributed by atoms with Gasteiger partial charge in [-0.3, -0.25) is 0 Å². The Bertz CT molecular complexity index is 230. The second-order valence-electron chi connectivity index (χ2n) is 4.19. The number of rotatable bonds is 3. The molecule has 0 aromatic carbocycles. The molecule has 1 heterocycles. The molecular formula is C11H21N3O. The molecule has 3 N–H and O–H groups in total. The third kappa shape index (κ3) is 3.23. The molecular weight excluding hydrogens is 190 g/mol. The molecule has 4 heteroatoms. The maximum Gasteiger partial charge on any atom is 0.317 e. The zero-order valence-electron chi connectivity index (χ0n) is 9.41. The number of carbonyl (C=O) groups is 1. The van der Waals surface area contributed by atoms with Crippen LogP contribution in [0.1, 0.15) is 19.8 Å². The van der Waals surface area contributed by atoms with E-state index in [4.69, 9.17) is 5.73 Å². The number of nitrogens with two attached hydrogens (primary N) is 1. The Kier molecular flexibility index (Phi) is 4.62. The Morgan fingerprint density at radius 1 is 1.73 bits per heavy atom. The molecule has 1 aliphatic heterocycles. The summed E-state index contributed by atoms with van der Waals surface area (Å²) in [6, 6.07) is 0.177. The molecule has 4 nitrogen and oxygen atoms in total. The van der Waals surface area contributed by atoms with Gasteiger partial charge in [0.25, 0.3) is 0 Å². The highest BCUT2D eigenvalue weighted by atomic mass is 16.2. The Labute approximate surface area is 91.5 Å². The van der Waals surface area contributed by atoms with Gasteiger partial charge in [-0.15, -0.1) is 6.58 Å². The van der Waals surface area contributed by atoms with Crippen LogP contribution in [0.3, 0.4) is 0 Å². The summed E-state index contributed by atoms with van der Waals surface area (Å²) in [7, 11) is 0. The minimum atomic E-state index is -0.0164. The summed E-state index contributed by atoms with van der Waals surface area (Å²) < 4.78 is 0. The number of piperidine rings is 1. The first kappa shape index (κ1) is 12.0.